The van der Waals surface area contributed by atoms with Gasteiger partial charge in [-0.25, -0.2) is 0 Å². The molecule has 0 aliphatic heterocycles. The molecule has 0 bridgehead atoms. The minimum atomic E-state index is -0.00157. The Morgan fingerprint density at radius 2 is 2.33 bits per heavy atom. The molecular weight excluding hydrogens is 161 g/mol. The number of hydrogen-bond acceptors (Lipinski definition) is 3. The number of aliphatic hydroxyl groups excluding tert-OH is 1. The van der Waals surface area contributed by atoms with Crippen molar-refractivity contribution >= 4 is 0 Å². The zero-order valence-electron chi connectivity index (χ0n) is 6.57. The Morgan fingerprint density at radius 1 is 1.58 bits per heavy atom. The van der Waals surface area contributed by atoms with Crippen LogP contribution in [0.15, 0.2) is 0 Å². The summed E-state index contributed by atoms with van der Waals surface area (Å²) in [6.45, 7) is -0.00157. The SMILES string of the molecule is OCCc1nnn(F)c1C1CC1. The second kappa shape index (κ2) is 2.82. The summed E-state index contributed by atoms with van der Waals surface area (Å²) in [6.07, 6.45) is 2.42. The monoisotopic (exact) mass is 171 g/mol. The highest BCUT2D eigenvalue weighted by atomic mass is 19.2. The third-order valence-corrected chi connectivity index (χ3v) is 2.05. The van der Waals surface area contributed by atoms with Crippen LogP contribution in [0.25, 0.3) is 0 Å². The fourth-order valence-corrected chi connectivity index (χ4v) is 1.33. The van der Waals surface area contributed by atoms with Gasteiger partial charge in [-0.2, -0.15) is 0 Å². The first-order chi connectivity index (χ1) is 5.83. The van der Waals surface area contributed by atoms with Gasteiger partial charge in [-0.3, -0.25) is 0 Å². The van der Waals surface area contributed by atoms with Crippen molar-refractivity contribution in [1.82, 2.24) is 15.2 Å². The van der Waals surface area contributed by atoms with Crippen molar-refractivity contribution in [1.29, 1.82) is 0 Å². The molecule has 1 aromatic heterocycles. The van der Waals surface area contributed by atoms with E-state index in [1.807, 2.05) is 0 Å². The van der Waals surface area contributed by atoms with Crippen molar-refractivity contribution in [3.05, 3.63) is 11.4 Å². The minimum Gasteiger partial charge on any atom is -0.396 e. The van der Waals surface area contributed by atoms with E-state index in [1.165, 1.54) is 0 Å². The van der Waals surface area contributed by atoms with Gasteiger partial charge in [0.2, 0.25) is 0 Å². The predicted molar refractivity (Wildman–Crippen MR) is 39.3 cm³/mol. The standard InChI is InChI=1S/C7H10FN3O/c8-11-7(5-1-2-5)6(3-4-12)9-10-11/h5,12H,1-4H2. The van der Waals surface area contributed by atoms with Crippen LogP contribution in [0.3, 0.4) is 0 Å². The lowest BCUT2D eigenvalue weighted by Crippen LogP contribution is -1.97. The van der Waals surface area contributed by atoms with Gasteiger partial charge in [-0.05, 0) is 18.1 Å². The summed E-state index contributed by atoms with van der Waals surface area (Å²) in [5, 5.41) is 15.6. The van der Waals surface area contributed by atoms with Crippen LogP contribution in [0.2, 0.25) is 0 Å². The molecule has 1 aliphatic carbocycles. The summed E-state index contributed by atoms with van der Waals surface area (Å²) in [7, 11) is 0. The Bertz CT molecular complexity index is 282. The van der Waals surface area contributed by atoms with Crippen LogP contribution < -0.4 is 0 Å². The maximum Gasteiger partial charge on any atom is 0.101 e. The first-order valence-electron chi connectivity index (χ1n) is 4.04. The van der Waals surface area contributed by atoms with Crippen LogP contribution in [-0.4, -0.2) is 26.9 Å². The molecule has 0 unspecified atom stereocenters. The van der Waals surface area contributed by atoms with Crippen LogP contribution in [-0.2, 0) is 6.42 Å². The van der Waals surface area contributed by atoms with Crippen LogP contribution in [0.4, 0.5) is 4.48 Å². The molecule has 0 spiro atoms. The topological polar surface area (TPSA) is 50.9 Å². The number of aromatic nitrogens is 3. The highest BCUT2D eigenvalue weighted by molar-refractivity contribution is 5.19. The zero-order valence-corrected chi connectivity index (χ0v) is 6.57. The highest BCUT2D eigenvalue weighted by Crippen LogP contribution is 2.41. The van der Waals surface area contributed by atoms with Gasteiger partial charge in [0.05, 0.1) is 5.69 Å². The van der Waals surface area contributed by atoms with Crippen LogP contribution in [0.5, 0.6) is 0 Å². The Labute approximate surface area is 68.9 Å². The number of rotatable bonds is 3. The van der Waals surface area contributed by atoms with Gasteiger partial charge in [0.15, 0.2) is 0 Å². The van der Waals surface area contributed by atoms with Crippen LogP contribution in [0.1, 0.15) is 30.1 Å². The van der Waals surface area contributed by atoms with E-state index in [-0.39, 0.29) is 12.5 Å². The Balaban J connectivity index is 2.27. The first-order valence-corrected chi connectivity index (χ1v) is 4.04. The molecule has 1 fully saturated rings. The van der Waals surface area contributed by atoms with Crippen molar-refractivity contribution in [2.45, 2.75) is 25.2 Å². The molecule has 2 rings (SSSR count). The average molecular weight is 171 g/mol. The summed E-state index contributed by atoms with van der Waals surface area (Å²) >= 11 is 0. The van der Waals surface area contributed by atoms with Gasteiger partial charge in [0, 0.05) is 18.9 Å². The molecule has 1 aromatic rings. The van der Waals surface area contributed by atoms with E-state index in [9.17, 15) is 4.48 Å². The second-order valence-electron chi connectivity index (χ2n) is 3.03. The maximum atomic E-state index is 12.9. The molecular formula is C7H10FN3O. The molecule has 1 aliphatic rings. The number of aliphatic hydroxyl groups is 1. The third-order valence-electron chi connectivity index (χ3n) is 2.05. The molecule has 0 amide bonds. The average Bonchev–Trinajstić information content (AvgIpc) is 2.80. The van der Waals surface area contributed by atoms with Crippen molar-refractivity contribution in [3.8, 4) is 0 Å². The fraction of sp³-hybridized carbons (Fsp3) is 0.714. The third kappa shape index (κ3) is 1.20. The summed E-state index contributed by atoms with van der Waals surface area (Å²) < 4.78 is 12.9. The van der Waals surface area contributed by atoms with E-state index in [4.69, 9.17) is 5.11 Å². The Kier molecular flexibility index (Phi) is 1.80. The Hall–Kier alpha value is -0.970. The molecule has 1 saturated carbocycles. The number of nitrogens with zero attached hydrogens (tertiary/aromatic N) is 3. The zero-order chi connectivity index (χ0) is 8.55. The lowest BCUT2D eigenvalue weighted by molar-refractivity contribution is 0.291. The van der Waals surface area contributed by atoms with E-state index >= 15 is 0 Å². The minimum absolute atomic E-state index is 0.00157. The van der Waals surface area contributed by atoms with E-state index in [0.29, 0.717) is 22.7 Å². The molecule has 66 valence electrons. The number of halogens is 1. The van der Waals surface area contributed by atoms with E-state index in [0.717, 1.165) is 12.8 Å². The molecule has 12 heavy (non-hydrogen) atoms. The summed E-state index contributed by atoms with van der Waals surface area (Å²) in [4.78, 5) is 0.336. The van der Waals surface area contributed by atoms with Crippen molar-refractivity contribution in [2.24, 2.45) is 0 Å². The molecule has 0 aromatic carbocycles. The van der Waals surface area contributed by atoms with Gasteiger partial charge in [0.1, 0.15) is 5.69 Å². The fourth-order valence-electron chi connectivity index (χ4n) is 1.33. The molecule has 0 radical (unpaired) electrons. The molecule has 1 heterocycles. The summed E-state index contributed by atoms with van der Waals surface area (Å²) in [6, 6.07) is 0. The maximum absolute atomic E-state index is 12.9. The van der Waals surface area contributed by atoms with E-state index in [1.54, 1.807) is 0 Å². The molecule has 4 nitrogen and oxygen atoms in total. The first kappa shape index (κ1) is 7.67. The lowest BCUT2D eigenvalue weighted by Gasteiger charge is -1.96. The smallest absolute Gasteiger partial charge is 0.101 e. The van der Waals surface area contributed by atoms with Gasteiger partial charge >= 0.3 is 0 Å². The summed E-state index contributed by atoms with van der Waals surface area (Å²) in [5.74, 6) is 0.284. The van der Waals surface area contributed by atoms with Crippen LogP contribution >= 0.6 is 0 Å². The molecule has 0 atom stereocenters. The molecule has 0 saturated heterocycles. The van der Waals surface area contributed by atoms with Gasteiger partial charge in [-0.1, -0.05) is 9.39 Å². The molecule has 1 N–H and O–H groups in total. The van der Waals surface area contributed by atoms with Gasteiger partial charge in [0.25, 0.3) is 0 Å². The van der Waals surface area contributed by atoms with Crippen molar-refractivity contribution < 1.29 is 9.59 Å². The van der Waals surface area contributed by atoms with E-state index in [2.05, 4.69) is 10.3 Å². The highest BCUT2D eigenvalue weighted by Gasteiger charge is 2.31. The number of hydrogen-bond donors (Lipinski definition) is 1. The van der Waals surface area contributed by atoms with E-state index < -0.39 is 0 Å². The summed E-state index contributed by atoms with van der Waals surface area (Å²) in [5.41, 5.74) is 1.16. The molecule has 5 heteroatoms. The Morgan fingerprint density at radius 3 is 2.92 bits per heavy atom. The van der Waals surface area contributed by atoms with Crippen molar-refractivity contribution in [2.75, 3.05) is 6.61 Å². The van der Waals surface area contributed by atoms with Crippen LogP contribution in [0, 0.1) is 0 Å². The van der Waals surface area contributed by atoms with Gasteiger partial charge < -0.3 is 5.11 Å². The predicted octanol–water partition coefficient (Wildman–Crippen LogP) is 0.423. The quantitative estimate of drug-likeness (QED) is 0.717. The second-order valence-corrected chi connectivity index (χ2v) is 3.03. The van der Waals surface area contributed by atoms with Gasteiger partial charge in [-0.15, -0.1) is 5.10 Å². The normalized spacial score (nSPS) is 16.8. The largest absolute Gasteiger partial charge is 0.396 e. The lowest BCUT2D eigenvalue weighted by atomic mass is 10.2. The van der Waals surface area contributed by atoms with Crippen molar-refractivity contribution in [3.63, 3.8) is 0 Å².